The predicted octanol–water partition coefficient (Wildman–Crippen LogP) is 3.80. The van der Waals surface area contributed by atoms with Crippen molar-refractivity contribution in [1.29, 1.82) is 0 Å². The lowest BCUT2D eigenvalue weighted by Crippen LogP contribution is -2.30. The lowest BCUT2D eigenvalue weighted by Gasteiger charge is -2.22. The zero-order valence-electron chi connectivity index (χ0n) is 15.7. The zero-order valence-corrected chi connectivity index (χ0v) is 16.4. The van der Waals surface area contributed by atoms with Gasteiger partial charge < -0.3 is 15.4 Å². The van der Waals surface area contributed by atoms with Crippen molar-refractivity contribution in [3.8, 4) is 0 Å². The number of likely N-dealkylation sites (N-methyl/N-ethyl adjacent to an activating group) is 1. The molecule has 1 aromatic carbocycles. The molecule has 0 bridgehead atoms. The minimum atomic E-state index is -0.503. The van der Waals surface area contributed by atoms with Gasteiger partial charge in [0.25, 0.3) is 0 Å². The Morgan fingerprint density at radius 1 is 1.44 bits per heavy atom. The van der Waals surface area contributed by atoms with E-state index in [-0.39, 0.29) is 12.1 Å². The average molecular weight is 366 g/mol. The van der Waals surface area contributed by atoms with E-state index in [0.29, 0.717) is 18.1 Å². The maximum atomic E-state index is 12.3. The van der Waals surface area contributed by atoms with Gasteiger partial charge in [0.1, 0.15) is 5.60 Å². The number of amides is 1. The molecule has 1 aromatic rings. The van der Waals surface area contributed by atoms with E-state index in [2.05, 4.69) is 4.90 Å². The molecule has 0 aromatic heterocycles. The normalized spacial score (nSPS) is 18.4. The highest BCUT2D eigenvalue weighted by atomic mass is 35.5. The summed E-state index contributed by atoms with van der Waals surface area (Å²) >= 11 is 6.42. The van der Waals surface area contributed by atoms with Crippen molar-refractivity contribution in [1.82, 2.24) is 4.90 Å². The number of nitrogens with two attached hydrogens (primary N) is 1. The van der Waals surface area contributed by atoms with Crippen molar-refractivity contribution in [3.63, 3.8) is 0 Å². The standard InChI is InChI=1S/C19H28ClN3O2/c1-6-15-17(23(15)18(24)25-19(2,3)4)12-22(5)16-8-7-13(9-10-21)11-14(16)20/h6-8,11,17H,9-10,12,21H2,1-5H3/b15-6+. The lowest BCUT2D eigenvalue weighted by atomic mass is 10.1. The molecule has 5 nitrogen and oxygen atoms in total. The number of ether oxygens (including phenoxy) is 1. The molecule has 1 saturated heterocycles. The fourth-order valence-electron chi connectivity index (χ4n) is 2.84. The van der Waals surface area contributed by atoms with Gasteiger partial charge in [0.05, 0.1) is 16.8 Å². The molecule has 6 heteroatoms. The number of hydrogen-bond donors (Lipinski definition) is 1. The molecule has 25 heavy (non-hydrogen) atoms. The SMILES string of the molecule is C/C=C1\C(CN(C)c2ccc(CCN)cc2Cl)N1C(=O)OC(C)(C)C. The van der Waals surface area contributed by atoms with E-state index in [1.165, 1.54) is 0 Å². The number of allylic oxidation sites excluding steroid dienone is 1. The molecule has 2 rings (SSSR count). The lowest BCUT2D eigenvalue weighted by molar-refractivity contribution is 0.0418. The molecule has 1 unspecified atom stereocenters. The molecule has 1 atom stereocenters. The number of carbonyl (C=O) groups is 1. The summed E-state index contributed by atoms with van der Waals surface area (Å²) in [6.07, 6.45) is 2.46. The van der Waals surface area contributed by atoms with Crippen molar-refractivity contribution in [2.75, 3.05) is 25.0 Å². The van der Waals surface area contributed by atoms with E-state index < -0.39 is 5.60 Å². The summed E-state index contributed by atoms with van der Waals surface area (Å²) in [5.41, 5.74) is 8.14. The molecular formula is C19H28ClN3O2. The number of halogens is 1. The summed E-state index contributed by atoms with van der Waals surface area (Å²) < 4.78 is 5.47. The van der Waals surface area contributed by atoms with Gasteiger partial charge in [0.2, 0.25) is 0 Å². The third-order valence-corrected chi connectivity index (χ3v) is 4.36. The first kappa shape index (κ1) is 19.6. The van der Waals surface area contributed by atoms with Crippen molar-refractivity contribution in [3.05, 3.63) is 40.6 Å². The molecule has 1 aliphatic rings. The van der Waals surface area contributed by atoms with Crippen LogP contribution >= 0.6 is 11.6 Å². The van der Waals surface area contributed by atoms with Crippen molar-refractivity contribution in [2.24, 2.45) is 5.73 Å². The van der Waals surface area contributed by atoms with Gasteiger partial charge >= 0.3 is 6.09 Å². The third-order valence-electron chi connectivity index (χ3n) is 4.05. The molecule has 1 heterocycles. The minimum Gasteiger partial charge on any atom is -0.443 e. The highest BCUT2D eigenvalue weighted by Crippen LogP contribution is 2.37. The molecule has 0 aliphatic carbocycles. The first-order chi connectivity index (χ1) is 11.7. The van der Waals surface area contributed by atoms with Crippen LogP contribution in [0.3, 0.4) is 0 Å². The van der Waals surface area contributed by atoms with Gasteiger partial charge in [-0.3, -0.25) is 4.90 Å². The monoisotopic (exact) mass is 365 g/mol. The van der Waals surface area contributed by atoms with Gasteiger partial charge in [-0.2, -0.15) is 0 Å². The average Bonchev–Trinajstić information content (AvgIpc) is 3.18. The van der Waals surface area contributed by atoms with Crippen LogP contribution in [0.1, 0.15) is 33.3 Å². The van der Waals surface area contributed by atoms with Crippen LogP contribution in [0, 0.1) is 0 Å². The molecule has 0 saturated carbocycles. The second-order valence-electron chi connectivity index (χ2n) is 7.28. The zero-order chi connectivity index (χ0) is 18.8. The first-order valence-electron chi connectivity index (χ1n) is 8.56. The third kappa shape index (κ3) is 4.89. The quantitative estimate of drug-likeness (QED) is 0.806. The highest BCUT2D eigenvalue weighted by Gasteiger charge is 2.47. The predicted molar refractivity (Wildman–Crippen MR) is 103 cm³/mol. The van der Waals surface area contributed by atoms with E-state index in [0.717, 1.165) is 23.4 Å². The van der Waals surface area contributed by atoms with Crippen LogP contribution in [0.25, 0.3) is 0 Å². The smallest absolute Gasteiger partial charge is 0.415 e. The number of anilines is 1. The van der Waals surface area contributed by atoms with E-state index >= 15 is 0 Å². The highest BCUT2D eigenvalue weighted by molar-refractivity contribution is 6.33. The molecule has 1 fully saturated rings. The maximum absolute atomic E-state index is 12.3. The van der Waals surface area contributed by atoms with Crippen LogP contribution in [0.2, 0.25) is 5.02 Å². The van der Waals surface area contributed by atoms with Gasteiger partial charge in [-0.05, 0) is 58.4 Å². The second kappa shape index (κ2) is 7.67. The number of nitrogens with zero attached hydrogens (tertiary/aromatic N) is 2. The summed E-state index contributed by atoms with van der Waals surface area (Å²) in [5, 5.41) is 0.694. The fourth-order valence-corrected chi connectivity index (χ4v) is 3.19. The Morgan fingerprint density at radius 3 is 2.64 bits per heavy atom. The number of carbonyl (C=O) groups excluding carboxylic acids is 1. The number of rotatable bonds is 5. The Balaban J connectivity index is 2.05. The molecule has 0 radical (unpaired) electrons. The van der Waals surface area contributed by atoms with Gasteiger partial charge in [-0.15, -0.1) is 0 Å². The van der Waals surface area contributed by atoms with Crippen LogP contribution in [0.5, 0.6) is 0 Å². The number of benzene rings is 1. The topological polar surface area (TPSA) is 58.6 Å². The molecule has 2 N–H and O–H groups in total. The molecule has 1 amide bonds. The second-order valence-corrected chi connectivity index (χ2v) is 7.69. The molecule has 138 valence electrons. The Bertz CT molecular complexity index is 667. The van der Waals surface area contributed by atoms with Crippen LogP contribution < -0.4 is 10.6 Å². The Labute approximate surface area is 155 Å². The fraction of sp³-hybridized carbons (Fsp3) is 0.526. The molecule has 0 spiro atoms. The van der Waals surface area contributed by atoms with E-state index in [1.807, 2.05) is 59.0 Å². The van der Waals surface area contributed by atoms with Crippen molar-refractivity contribution < 1.29 is 9.53 Å². The largest absolute Gasteiger partial charge is 0.443 e. The summed E-state index contributed by atoms with van der Waals surface area (Å²) in [7, 11) is 1.97. The van der Waals surface area contributed by atoms with Gasteiger partial charge in [0.15, 0.2) is 0 Å². The van der Waals surface area contributed by atoms with Gasteiger partial charge in [-0.1, -0.05) is 23.7 Å². The van der Waals surface area contributed by atoms with E-state index in [9.17, 15) is 4.79 Å². The molecule has 1 aliphatic heterocycles. The summed E-state index contributed by atoms with van der Waals surface area (Å²) in [6.45, 7) is 8.80. The maximum Gasteiger partial charge on any atom is 0.415 e. The number of hydrogen-bond acceptors (Lipinski definition) is 4. The van der Waals surface area contributed by atoms with Crippen LogP contribution in [-0.2, 0) is 11.2 Å². The molecular weight excluding hydrogens is 338 g/mol. The van der Waals surface area contributed by atoms with Crippen molar-refractivity contribution >= 4 is 23.4 Å². The van der Waals surface area contributed by atoms with E-state index in [1.54, 1.807) is 4.90 Å². The van der Waals surface area contributed by atoms with E-state index in [4.69, 9.17) is 22.1 Å². The summed E-state index contributed by atoms with van der Waals surface area (Å²) in [6, 6.07) is 6.02. The van der Waals surface area contributed by atoms with Gasteiger partial charge in [0, 0.05) is 19.3 Å². The summed E-state index contributed by atoms with van der Waals surface area (Å²) in [5.74, 6) is 0. The Kier molecular flexibility index (Phi) is 6.01. The van der Waals surface area contributed by atoms with Gasteiger partial charge in [-0.25, -0.2) is 4.79 Å². The first-order valence-corrected chi connectivity index (χ1v) is 8.93. The minimum absolute atomic E-state index is 0.0182. The Hall–Kier alpha value is -1.72. The Morgan fingerprint density at radius 2 is 2.12 bits per heavy atom. The van der Waals surface area contributed by atoms with Crippen LogP contribution in [-0.4, -0.2) is 42.8 Å². The van der Waals surface area contributed by atoms with Crippen LogP contribution in [0.15, 0.2) is 30.0 Å². The van der Waals surface area contributed by atoms with Crippen LogP contribution in [0.4, 0.5) is 10.5 Å². The van der Waals surface area contributed by atoms with Crippen molar-refractivity contribution in [2.45, 2.75) is 45.8 Å². The summed E-state index contributed by atoms with van der Waals surface area (Å²) in [4.78, 5) is 16.1.